The van der Waals surface area contributed by atoms with Crippen LogP contribution in [0.5, 0.6) is 5.75 Å². The first-order chi connectivity index (χ1) is 17.4. The van der Waals surface area contributed by atoms with Crippen molar-refractivity contribution in [2.45, 2.75) is 17.5 Å². The third-order valence-corrected chi connectivity index (χ3v) is 7.14. The number of hydrogen-bond donors (Lipinski definition) is 2. The molecule has 0 atom stereocenters. The predicted octanol–water partition coefficient (Wildman–Crippen LogP) is 7.50. The summed E-state index contributed by atoms with van der Waals surface area (Å²) >= 11 is 26.5. The van der Waals surface area contributed by atoms with Crippen LogP contribution >= 0.6 is 58.2 Å². The minimum atomic E-state index is -0.512. The predicted molar refractivity (Wildman–Crippen MR) is 146 cm³/mol. The molecule has 7 nitrogen and oxygen atoms in total. The number of methoxy groups -OCH3 is 1. The molecule has 4 rings (SSSR count). The smallest absolute Gasteiger partial charge is 0.319 e. The van der Waals surface area contributed by atoms with Gasteiger partial charge in [0.25, 0.3) is 0 Å². The van der Waals surface area contributed by atoms with Crippen LogP contribution in [0.25, 0.3) is 5.69 Å². The Morgan fingerprint density at radius 1 is 0.972 bits per heavy atom. The van der Waals surface area contributed by atoms with Gasteiger partial charge in [0.15, 0.2) is 11.0 Å². The Kier molecular flexibility index (Phi) is 8.87. The fraction of sp³-hybridized carbons (Fsp3) is 0.125. The second kappa shape index (κ2) is 12.1. The molecular formula is C24H19Cl4N5O2S. The van der Waals surface area contributed by atoms with Crippen LogP contribution in [0, 0.1) is 0 Å². The minimum absolute atomic E-state index is 0.0451. The minimum Gasteiger partial charge on any atom is -0.497 e. The Bertz CT molecular complexity index is 1380. The molecule has 0 saturated heterocycles. The average molecular weight is 583 g/mol. The molecule has 186 valence electrons. The maximum Gasteiger partial charge on any atom is 0.319 e. The van der Waals surface area contributed by atoms with Crippen LogP contribution in [-0.2, 0) is 12.3 Å². The van der Waals surface area contributed by atoms with Crippen molar-refractivity contribution in [3.63, 3.8) is 0 Å². The monoisotopic (exact) mass is 581 g/mol. The van der Waals surface area contributed by atoms with Crippen molar-refractivity contribution < 1.29 is 9.53 Å². The third kappa shape index (κ3) is 6.38. The number of halogens is 4. The number of anilines is 1. The summed E-state index contributed by atoms with van der Waals surface area (Å²) in [4.78, 5) is 12.6. The summed E-state index contributed by atoms with van der Waals surface area (Å²) < 4.78 is 7.07. The normalized spacial score (nSPS) is 10.8. The van der Waals surface area contributed by atoms with Crippen LogP contribution in [0.15, 0.2) is 65.8 Å². The van der Waals surface area contributed by atoms with Crippen LogP contribution in [0.4, 0.5) is 10.5 Å². The summed E-state index contributed by atoms with van der Waals surface area (Å²) in [7, 11) is 1.62. The molecule has 0 radical (unpaired) electrons. The number of benzene rings is 3. The van der Waals surface area contributed by atoms with E-state index >= 15 is 0 Å². The van der Waals surface area contributed by atoms with Gasteiger partial charge in [0.2, 0.25) is 0 Å². The molecule has 3 aromatic carbocycles. The molecule has 36 heavy (non-hydrogen) atoms. The van der Waals surface area contributed by atoms with E-state index in [2.05, 4.69) is 20.8 Å². The summed E-state index contributed by atoms with van der Waals surface area (Å²) in [6, 6.07) is 17.3. The Labute approximate surface area is 232 Å². The molecule has 0 bridgehead atoms. The highest BCUT2D eigenvalue weighted by molar-refractivity contribution is 7.98. The van der Waals surface area contributed by atoms with Crippen molar-refractivity contribution in [2.75, 3.05) is 12.4 Å². The molecule has 1 aromatic heterocycles. The van der Waals surface area contributed by atoms with E-state index in [-0.39, 0.29) is 6.54 Å². The second-order valence-electron chi connectivity index (χ2n) is 7.37. The molecule has 2 amide bonds. The first-order valence-corrected chi connectivity index (χ1v) is 13.0. The van der Waals surface area contributed by atoms with E-state index in [4.69, 9.17) is 51.1 Å². The lowest BCUT2D eigenvalue weighted by Gasteiger charge is -2.14. The van der Waals surface area contributed by atoms with Crippen molar-refractivity contribution in [2.24, 2.45) is 0 Å². The van der Waals surface area contributed by atoms with Crippen molar-refractivity contribution in [3.8, 4) is 11.4 Å². The largest absolute Gasteiger partial charge is 0.497 e. The van der Waals surface area contributed by atoms with Crippen LogP contribution in [0.2, 0.25) is 20.1 Å². The summed E-state index contributed by atoms with van der Waals surface area (Å²) in [5.41, 5.74) is 1.95. The molecule has 0 unspecified atom stereocenters. The van der Waals surface area contributed by atoms with Crippen molar-refractivity contribution in [1.29, 1.82) is 0 Å². The quantitative estimate of drug-likeness (QED) is 0.210. The first kappa shape index (κ1) is 26.4. The zero-order valence-electron chi connectivity index (χ0n) is 18.8. The van der Waals surface area contributed by atoms with E-state index in [0.29, 0.717) is 48.2 Å². The molecule has 0 spiro atoms. The molecule has 12 heteroatoms. The Morgan fingerprint density at radius 2 is 1.72 bits per heavy atom. The lowest BCUT2D eigenvalue weighted by Crippen LogP contribution is -2.29. The fourth-order valence-electron chi connectivity index (χ4n) is 3.25. The molecule has 0 fully saturated rings. The zero-order chi connectivity index (χ0) is 25.7. The van der Waals surface area contributed by atoms with Crippen molar-refractivity contribution in [1.82, 2.24) is 20.1 Å². The van der Waals surface area contributed by atoms with Gasteiger partial charge in [0, 0.05) is 10.8 Å². The lowest BCUT2D eigenvalue weighted by molar-refractivity contribution is 0.251. The Balaban J connectivity index is 1.57. The van der Waals surface area contributed by atoms with E-state index < -0.39 is 6.03 Å². The van der Waals surface area contributed by atoms with E-state index in [1.54, 1.807) is 48.1 Å². The number of nitrogens with zero attached hydrogens (tertiary/aromatic N) is 3. The van der Waals surface area contributed by atoms with Crippen LogP contribution in [0.1, 0.15) is 11.4 Å². The van der Waals surface area contributed by atoms with Gasteiger partial charge in [-0.2, -0.15) is 0 Å². The molecule has 4 aromatic rings. The topological polar surface area (TPSA) is 81.1 Å². The van der Waals surface area contributed by atoms with E-state index in [1.165, 1.54) is 11.8 Å². The molecule has 0 aliphatic carbocycles. The highest BCUT2D eigenvalue weighted by atomic mass is 35.5. The van der Waals surface area contributed by atoms with Crippen molar-refractivity contribution >= 4 is 69.9 Å². The fourth-order valence-corrected chi connectivity index (χ4v) is 5.02. The first-order valence-electron chi connectivity index (χ1n) is 10.5. The number of hydrogen-bond acceptors (Lipinski definition) is 5. The number of amides is 2. The molecule has 2 N–H and O–H groups in total. The highest BCUT2D eigenvalue weighted by Crippen LogP contribution is 2.32. The maximum atomic E-state index is 12.6. The number of carbonyl (C=O) groups is 1. The number of para-hydroxylation sites is 1. The van der Waals surface area contributed by atoms with Gasteiger partial charge in [0.1, 0.15) is 5.75 Å². The van der Waals surface area contributed by atoms with Gasteiger partial charge >= 0.3 is 6.03 Å². The summed E-state index contributed by atoms with van der Waals surface area (Å²) in [6.45, 7) is 0.0451. The Hall–Kier alpha value is -2.62. The van der Waals surface area contributed by atoms with Gasteiger partial charge in [-0.25, -0.2) is 4.79 Å². The summed E-state index contributed by atoms with van der Waals surface area (Å²) in [6.07, 6.45) is 0. The standard InChI is InChI=1S/C24H19Cl4N5O2S/c1-35-16-5-2-4-14(10-16)13-36-24-32-31-21(33(24)20-11-15(25)8-9-17(20)26)12-29-23(34)30-22-18(27)6-3-7-19(22)28/h2-11H,12-13H2,1H3,(H2,29,30,34). The number of thioether (sulfide) groups is 1. The average Bonchev–Trinajstić information content (AvgIpc) is 3.28. The summed E-state index contributed by atoms with van der Waals surface area (Å²) in [5.74, 6) is 1.82. The van der Waals surface area contributed by atoms with Gasteiger partial charge in [-0.3, -0.25) is 4.57 Å². The molecule has 1 heterocycles. The van der Waals surface area contributed by atoms with Gasteiger partial charge in [0.05, 0.1) is 40.1 Å². The molecule has 0 aliphatic rings. The van der Waals surface area contributed by atoms with Gasteiger partial charge in [-0.15, -0.1) is 10.2 Å². The van der Waals surface area contributed by atoms with Gasteiger partial charge in [-0.1, -0.05) is 76.4 Å². The van der Waals surface area contributed by atoms with Crippen LogP contribution in [0.3, 0.4) is 0 Å². The third-order valence-electron chi connectivity index (χ3n) is 4.96. The molecule has 0 aliphatic heterocycles. The van der Waals surface area contributed by atoms with Gasteiger partial charge < -0.3 is 15.4 Å². The SMILES string of the molecule is COc1cccc(CSc2nnc(CNC(=O)Nc3c(Cl)cccc3Cl)n2-c2cc(Cl)ccc2Cl)c1. The highest BCUT2D eigenvalue weighted by Gasteiger charge is 2.19. The van der Waals surface area contributed by atoms with E-state index in [9.17, 15) is 4.79 Å². The van der Waals surface area contributed by atoms with Crippen LogP contribution < -0.4 is 15.4 Å². The van der Waals surface area contributed by atoms with E-state index in [0.717, 1.165) is 11.3 Å². The number of rotatable bonds is 8. The Morgan fingerprint density at radius 3 is 2.47 bits per heavy atom. The number of aromatic nitrogens is 3. The number of carbonyl (C=O) groups excluding carboxylic acids is 1. The number of ether oxygens (including phenoxy) is 1. The number of urea groups is 1. The number of nitrogens with one attached hydrogen (secondary N) is 2. The van der Waals surface area contributed by atoms with E-state index in [1.807, 2.05) is 24.3 Å². The maximum absolute atomic E-state index is 12.6. The molecule has 0 saturated carbocycles. The second-order valence-corrected chi connectivity index (χ2v) is 9.98. The lowest BCUT2D eigenvalue weighted by atomic mass is 10.2. The summed E-state index contributed by atoms with van der Waals surface area (Å²) in [5, 5.41) is 16.2. The molecular weight excluding hydrogens is 564 g/mol. The van der Waals surface area contributed by atoms with Gasteiger partial charge in [-0.05, 0) is 48.0 Å². The van der Waals surface area contributed by atoms with Crippen molar-refractivity contribution in [3.05, 3.63) is 92.1 Å². The zero-order valence-corrected chi connectivity index (χ0v) is 22.6. The van der Waals surface area contributed by atoms with Crippen LogP contribution in [-0.4, -0.2) is 27.9 Å².